The summed E-state index contributed by atoms with van der Waals surface area (Å²) in [6.45, 7) is 4.00. The number of aliphatic hydroxyl groups is 1. The number of aliphatic hydroxyl groups excluding tert-OH is 1. The second-order valence-corrected chi connectivity index (χ2v) is 5.15. The molecule has 1 aromatic carbocycles. The zero-order valence-corrected chi connectivity index (χ0v) is 11.5. The predicted molar refractivity (Wildman–Crippen MR) is 70.1 cm³/mol. The fourth-order valence-electron chi connectivity index (χ4n) is 1.86. The first-order valence-corrected chi connectivity index (χ1v) is 6.49. The van der Waals surface area contributed by atoms with Gasteiger partial charge in [-0.3, -0.25) is 0 Å². The molecule has 0 aromatic heterocycles. The van der Waals surface area contributed by atoms with Crippen LogP contribution >= 0.6 is 0 Å². The molecule has 0 radical (unpaired) electrons. The Balaban J connectivity index is 2.84. The van der Waals surface area contributed by atoms with Crippen molar-refractivity contribution < 1.29 is 23.0 Å². The number of para-hydroxylation sites is 1. The van der Waals surface area contributed by atoms with E-state index >= 15 is 0 Å². The lowest BCUT2D eigenvalue weighted by molar-refractivity contribution is -0.275. The van der Waals surface area contributed by atoms with E-state index in [0.717, 1.165) is 6.42 Å². The summed E-state index contributed by atoms with van der Waals surface area (Å²) in [4.78, 5) is 0. The van der Waals surface area contributed by atoms with Crippen molar-refractivity contribution in [1.82, 2.24) is 0 Å². The Morgan fingerprint density at radius 1 is 1.20 bits per heavy atom. The number of halogens is 3. The van der Waals surface area contributed by atoms with E-state index in [1.165, 1.54) is 18.2 Å². The molecule has 3 N–H and O–H groups in total. The second kappa shape index (κ2) is 6.95. The molecule has 3 nitrogen and oxygen atoms in total. The summed E-state index contributed by atoms with van der Waals surface area (Å²) in [5, 5.41) is 9.98. The molecule has 0 bridgehead atoms. The third kappa shape index (κ3) is 5.38. The second-order valence-electron chi connectivity index (χ2n) is 5.15. The summed E-state index contributed by atoms with van der Waals surface area (Å²) in [5.74, 6) is 0.0228. The average Bonchev–Trinajstić information content (AvgIpc) is 2.33. The van der Waals surface area contributed by atoms with Gasteiger partial charge in [0, 0.05) is 5.56 Å². The molecule has 0 fully saturated rings. The Bertz CT molecular complexity index is 421. The summed E-state index contributed by atoms with van der Waals surface area (Å²) < 4.78 is 40.9. The lowest BCUT2D eigenvalue weighted by Crippen LogP contribution is -2.28. The molecule has 0 heterocycles. The fourth-order valence-corrected chi connectivity index (χ4v) is 1.86. The molecule has 0 aliphatic carbocycles. The van der Waals surface area contributed by atoms with Gasteiger partial charge in [-0.25, -0.2) is 0 Å². The van der Waals surface area contributed by atoms with Crippen LogP contribution in [0.25, 0.3) is 0 Å². The van der Waals surface area contributed by atoms with Gasteiger partial charge in [-0.1, -0.05) is 32.0 Å². The van der Waals surface area contributed by atoms with Crippen LogP contribution in [0.2, 0.25) is 0 Å². The Hall–Kier alpha value is -1.27. The van der Waals surface area contributed by atoms with Crippen LogP contribution in [0.5, 0.6) is 5.75 Å². The van der Waals surface area contributed by atoms with Crippen molar-refractivity contribution in [1.29, 1.82) is 0 Å². The maximum absolute atomic E-state index is 12.3. The van der Waals surface area contributed by atoms with Crippen LogP contribution in [-0.4, -0.2) is 17.6 Å². The molecule has 0 saturated carbocycles. The van der Waals surface area contributed by atoms with Gasteiger partial charge in [0.25, 0.3) is 0 Å². The van der Waals surface area contributed by atoms with Crippen LogP contribution in [0.1, 0.15) is 38.3 Å². The summed E-state index contributed by atoms with van der Waals surface area (Å²) in [7, 11) is 0. The zero-order chi connectivity index (χ0) is 15.3. The van der Waals surface area contributed by atoms with Crippen molar-refractivity contribution >= 4 is 0 Å². The molecule has 0 spiro atoms. The molecule has 114 valence electrons. The minimum absolute atomic E-state index is 0.154. The lowest BCUT2D eigenvalue weighted by Gasteiger charge is -2.22. The maximum Gasteiger partial charge on any atom is 0.573 e. The SMILES string of the molecule is CC(C)CC[C@@H](O)[C@@H](N)c1ccccc1OC(F)(F)F. The third-order valence-electron chi connectivity index (χ3n) is 2.96. The molecule has 0 aliphatic heterocycles. The quantitative estimate of drug-likeness (QED) is 0.844. The van der Waals surface area contributed by atoms with Gasteiger partial charge in [0.15, 0.2) is 0 Å². The van der Waals surface area contributed by atoms with Gasteiger partial charge >= 0.3 is 6.36 Å². The summed E-state index contributed by atoms with van der Waals surface area (Å²) >= 11 is 0. The largest absolute Gasteiger partial charge is 0.573 e. The van der Waals surface area contributed by atoms with Gasteiger partial charge in [-0.2, -0.15) is 0 Å². The summed E-state index contributed by atoms with van der Waals surface area (Å²) in [6.07, 6.45) is -4.51. The van der Waals surface area contributed by atoms with E-state index in [9.17, 15) is 18.3 Å². The molecule has 1 aromatic rings. The minimum atomic E-state index is -4.78. The van der Waals surface area contributed by atoms with Gasteiger partial charge < -0.3 is 15.6 Å². The van der Waals surface area contributed by atoms with E-state index in [2.05, 4.69) is 4.74 Å². The van der Waals surface area contributed by atoms with Gasteiger partial charge in [0.05, 0.1) is 12.1 Å². The number of nitrogens with two attached hydrogens (primary N) is 1. The highest BCUT2D eigenvalue weighted by Gasteiger charge is 2.33. The molecule has 0 amide bonds. The highest BCUT2D eigenvalue weighted by Crippen LogP contribution is 2.31. The van der Waals surface area contributed by atoms with Gasteiger partial charge in [0.1, 0.15) is 5.75 Å². The smallest absolute Gasteiger partial charge is 0.405 e. The zero-order valence-electron chi connectivity index (χ0n) is 11.5. The van der Waals surface area contributed by atoms with E-state index in [1.54, 1.807) is 6.07 Å². The Morgan fingerprint density at radius 2 is 1.80 bits per heavy atom. The van der Waals surface area contributed by atoms with E-state index in [1.807, 2.05) is 13.8 Å². The molecule has 6 heteroatoms. The van der Waals surface area contributed by atoms with Crippen molar-refractivity contribution in [3.8, 4) is 5.75 Å². The first-order valence-electron chi connectivity index (χ1n) is 6.49. The monoisotopic (exact) mass is 291 g/mol. The lowest BCUT2D eigenvalue weighted by atomic mass is 9.95. The molecular formula is C14H20F3NO2. The van der Waals surface area contributed by atoms with Crippen molar-refractivity contribution in [2.75, 3.05) is 0 Å². The van der Waals surface area contributed by atoms with Gasteiger partial charge in [0.2, 0.25) is 0 Å². The summed E-state index contributed by atoms with van der Waals surface area (Å²) in [6, 6.07) is 4.71. The molecule has 20 heavy (non-hydrogen) atoms. The Morgan fingerprint density at radius 3 is 2.35 bits per heavy atom. The topological polar surface area (TPSA) is 55.5 Å². The maximum atomic E-state index is 12.3. The van der Waals surface area contributed by atoms with Crippen LogP contribution < -0.4 is 10.5 Å². The Kier molecular flexibility index (Phi) is 5.83. The molecule has 2 atom stereocenters. The molecule has 0 aliphatic rings. The van der Waals surface area contributed by atoms with E-state index in [-0.39, 0.29) is 11.3 Å². The molecule has 0 saturated heterocycles. The van der Waals surface area contributed by atoms with Crippen LogP contribution in [0, 0.1) is 5.92 Å². The van der Waals surface area contributed by atoms with Crippen molar-refractivity contribution in [2.45, 2.75) is 45.2 Å². The van der Waals surface area contributed by atoms with Crippen LogP contribution in [0.3, 0.4) is 0 Å². The average molecular weight is 291 g/mol. The molecular weight excluding hydrogens is 271 g/mol. The standard InChI is InChI=1S/C14H20F3NO2/c1-9(2)7-8-11(19)13(18)10-5-3-4-6-12(10)20-14(15,16)17/h3-6,9,11,13,19H,7-8,18H2,1-2H3/t11-,13+/m1/s1. The Labute approximate surface area is 116 Å². The number of rotatable bonds is 6. The first kappa shape index (κ1) is 16.8. The van der Waals surface area contributed by atoms with Crippen molar-refractivity contribution in [3.05, 3.63) is 29.8 Å². The number of hydrogen-bond donors (Lipinski definition) is 2. The third-order valence-corrected chi connectivity index (χ3v) is 2.96. The van der Waals surface area contributed by atoms with Gasteiger partial charge in [-0.05, 0) is 24.8 Å². The van der Waals surface area contributed by atoms with Crippen molar-refractivity contribution in [2.24, 2.45) is 11.7 Å². The highest BCUT2D eigenvalue weighted by atomic mass is 19.4. The van der Waals surface area contributed by atoms with E-state index in [0.29, 0.717) is 12.3 Å². The number of ether oxygens (including phenoxy) is 1. The van der Waals surface area contributed by atoms with E-state index < -0.39 is 18.5 Å². The van der Waals surface area contributed by atoms with Gasteiger partial charge in [-0.15, -0.1) is 13.2 Å². The minimum Gasteiger partial charge on any atom is -0.405 e. The number of alkyl halides is 3. The van der Waals surface area contributed by atoms with Crippen LogP contribution in [0.4, 0.5) is 13.2 Å². The van der Waals surface area contributed by atoms with E-state index in [4.69, 9.17) is 5.73 Å². The first-order chi connectivity index (χ1) is 9.20. The van der Waals surface area contributed by atoms with Crippen LogP contribution in [-0.2, 0) is 0 Å². The molecule has 0 unspecified atom stereocenters. The highest BCUT2D eigenvalue weighted by molar-refractivity contribution is 5.36. The van der Waals surface area contributed by atoms with Crippen LogP contribution in [0.15, 0.2) is 24.3 Å². The summed E-state index contributed by atoms with van der Waals surface area (Å²) in [5.41, 5.74) is 6.00. The number of hydrogen-bond acceptors (Lipinski definition) is 3. The molecule has 1 rings (SSSR count). The normalized spacial score (nSPS) is 15.2. The predicted octanol–water partition coefficient (Wildman–Crippen LogP) is 3.38. The van der Waals surface area contributed by atoms with Crippen molar-refractivity contribution in [3.63, 3.8) is 0 Å². The number of benzene rings is 1. The fraction of sp³-hybridized carbons (Fsp3) is 0.571.